The summed E-state index contributed by atoms with van der Waals surface area (Å²) in [6.07, 6.45) is 3.47. The van der Waals surface area contributed by atoms with Gasteiger partial charge in [0.15, 0.2) is 5.76 Å². The van der Waals surface area contributed by atoms with Gasteiger partial charge in [-0.1, -0.05) is 18.2 Å². The van der Waals surface area contributed by atoms with Crippen LogP contribution in [0.4, 0.5) is 0 Å². The molecular formula is C14H12N2O2. The number of imidazole rings is 1. The Morgan fingerprint density at radius 2 is 2.22 bits per heavy atom. The largest absolute Gasteiger partial charge is 0.453 e. The lowest BCUT2D eigenvalue weighted by Gasteiger charge is -2.01. The second-order valence-electron chi connectivity index (χ2n) is 4.17. The molecule has 0 bridgehead atoms. The van der Waals surface area contributed by atoms with E-state index in [-0.39, 0.29) is 12.3 Å². The molecule has 0 aliphatic heterocycles. The highest BCUT2D eigenvalue weighted by molar-refractivity contribution is 5.97. The molecule has 0 atom stereocenters. The van der Waals surface area contributed by atoms with Gasteiger partial charge in [-0.15, -0.1) is 0 Å². The molecule has 0 saturated carbocycles. The van der Waals surface area contributed by atoms with Crippen LogP contribution in [0, 0.1) is 6.92 Å². The van der Waals surface area contributed by atoms with Gasteiger partial charge in [-0.3, -0.25) is 4.79 Å². The zero-order chi connectivity index (χ0) is 12.5. The number of hydrogen-bond donors (Lipinski definition) is 0. The number of hydrogen-bond acceptors (Lipinski definition) is 3. The minimum atomic E-state index is -0.0488. The first-order valence-electron chi connectivity index (χ1n) is 5.73. The van der Waals surface area contributed by atoms with Crippen molar-refractivity contribution < 1.29 is 9.21 Å². The van der Waals surface area contributed by atoms with Crippen molar-refractivity contribution in [2.75, 3.05) is 0 Å². The number of aromatic nitrogens is 2. The Kier molecular flexibility index (Phi) is 2.48. The molecule has 0 radical (unpaired) electrons. The number of Topliss-reactive ketones (excluding diaryl/α,β-unsaturated/α-hetero) is 1. The Morgan fingerprint density at radius 3 is 2.94 bits per heavy atom. The van der Waals surface area contributed by atoms with Gasteiger partial charge in [0, 0.05) is 17.8 Å². The Morgan fingerprint density at radius 1 is 1.39 bits per heavy atom. The molecule has 2 aromatic heterocycles. The van der Waals surface area contributed by atoms with E-state index in [0.29, 0.717) is 5.76 Å². The van der Waals surface area contributed by atoms with E-state index < -0.39 is 0 Å². The van der Waals surface area contributed by atoms with Crippen LogP contribution in [0.5, 0.6) is 0 Å². The van der Waals surface area contributed by atoms with E-state index in [9.17, 15) is 4.79 Å². The molecule has 18 heavy (non-hydrogen) atoms. The van der Waals surface area contributed by atoms with E-state index >= 15 is 0 Å². The molecule has 0 spiro atoms. The molecule has 0 fully saturated rings. The highest BCUT2D eigenvalue weighted by Crippen LogP contribution is 2.19. The lowest BCUT2D eigenvalue weighted by atomic mass is 10.2. The third kappa shape index (κ3) is 1.82. The Balaban J connectivity index is 1.90. The zero-order valence-electron chi connectivity index (χ0n) is 9.96. The Hall–Kier alpha value is -2.36. The van der Waals surface area contributed by atoms with E-state index in [1.165, 1.54) is 0 Å². The van der Waals surface area contributed by atoms with E-state index in [2.05, 4.69) is 4.98 Å². The number of benzene rings is 1. The van der Waals surface area contributed by atoms with Crippen molar-refractivity contribution >= 4 is 16.8 Å². The third-order valence-corrected chi connectivity index (χ3v) is 2.94. The Labute approximate surface area is 104 Å². The SMILES string of the molecule is Cc1nccn1CC(=O)c1cc2ccccc2o1. The summed E-state index contributed by atoms with van der Waals surface area (Å²) in [5, 5.41) is 0.947. The summed E-state index contributed by atoms with van der Waals surface area (Å²) in [5.41, 5.74) is 0.739. The van der Waals surface area contributed by atoms with Gasteiger partial charge in [-0.25, -0.2) is 4.98 Å². The number of ketones is 1. The number of furan rings is 1. The highest BCUT2D eigenvalue weighted by Gasteiger charge is 2.13. The first kappa shape index (κ1) is 10.8. The molecule has 4 nitrogen and oxygen atoms in total. The minimum Gasteiger partial charge on any atom is -0.453 e. The number of fused-ring (bicyclic) bond motifs is 1. The maximum absolute atomic E-state index is 12.1. The second kappa shape index (κ2) is 4.14. The van der Waals surface area contributed by atoms with Crippen LogP contribution in [0.25, 0.3) is 11.0 Å². The van der Waals surface area contributed by atoms with Crippen molar-refractivity contribution in [1.29, 1.82) is 0 Å². The minimum absolute atomic E-state index is 0.0488. The molecule has 1 aromatic carbocycles. The zero-order valence-corrected chi connectivity index (χ0v) is 9.96. The molecule has 0 aliphatic carbocycles. The predicted molar refractivity (Wildman–Crippen MR) is 67.5 cm³/mol. The number of para-hydroxylation sites is 1. The monoisotopic (exact) mass is 240 g/mol. The molecule has 2 heterocycles. The first-order valence-corrected chi connectivity index (χ1v) is 5.73. The molecule has 0 aliphatic rings. The van der Waals surface area contributed by atoms with Crippen LogP contribution in [0.2, 0.25) is 0 Å². The lowest BCUT2D eigenvalue weighted by Crippen LogP contribution is -2.10. The summed E-state index contributed by atoms with van der Waals surface area (Å²) in [6, 6.07) is 9.38. The van der Waals surface area contributed by atoms with E-state index in [1.807, 2.05) is 31.2 Å². The summed E-state index contributed by atoms with van der Waals surface area (Å²) in [7, 11) is 0. The fourth-order valence-electron chi connectivity index (χ4n) is 1.92. The van der Waals surface area contributed by atoms with Crippen molar-refractivity contribution in [2.24, 2.45) is 0 Å². The number of aryl methyl sites for hydroxylation is 1. The van der Waals surface area contributed by atoms with Gasteiger partial charge in [0.25, 0.3) is 0 Å². The standard InChI is InChI=1S/C14H12N2O2/c1-10-15-6-7-16(10)9-12(17)14-8-11-4-2-3-5-13(11)18-14/h2-8H,9H2,1H3. The molecule has 0 amide bonds. The molecule has 0 N–H and O–H groups in total. The van der Waals surface area contributed by atoms with Crippen molar-refractivity contribution in [1.82, 2.24) is 9.55 Å². The van der Waals surface area contributed by atoms with Crippen molar-refractivity contribution in [3.63, 3.8) is 0 Å². The Bertz CT molecular complexity index is 676. The van der Waals surface area contributed by atoms with Gasteiger partial charge in [0.2, 0.25) is 5.78 Å². The molecule has 4 heteroatoms. The van der Waals surface area contributed by atoms with Crippen LogP contribution in [-0.4, -0.2) is 15.3 Å². The molecular weight excluding hydrogens is 228 g/mol. The summed E-state index contributed by atoms with van der Waals surface area (Å²) >= 11 is 0. The van der Waals surface area contributed by atoms with Crippen LogP contribution in [-0.2, 0) is 6.54 Å². The van der Waals surface area contributed by atoms with Gasteiger partial charge in [-0.2, -0.15) is 0 Å². The normalized spacial score (nSPS) is 10.9. The molecule has 0 saturated heterocycles. The molecule has 3 aromatic rings. The van der Waals surface area contributed by atoms with Crippen LogP contribution in [0.1, 0.15) is 16.4 Å². The van der Waals surface area contributed by atoms with E-state index in [0.717, 1.165) is 16.8 Å². The van der Waals surface area contributed by atoms with Gasteiger partial charge >= 0.3 is 0 Å². The fourth-order valence-corrected chi connectivity index (χ4v) is 1.92. The summed E-state index contributed by atoms with van der Waals surface area (Å²) in [4.78, 5) is 16.2. The van der Waals surface area contributed by atoms with E-state index in [4.69, 9.17) is 4.42 Å². The highest BCUT2D eigenvalue weighted by atomic mass is 16.3. The van der Waals surface area contributed by atoms with Gasteiger partial charge in [0.1, 0.15) is 11.4 Å². The quantitative estimate of drug-likeness (QED) is 0.661. The topological polar surface area (TPSA) is 48.0 Å². The van der Waals surface area contributed by atoms with Crippen molar-refractivity contribution in [3.8, 4) is 0 Å². The fraction of sp³-hybridized carbons (Fsp3) is 0.143. The van der Waals surface area contributed by atoms with Crippen molar-refractivity contribution in [3.05, 3.63) is 54.3 Å². The summed E-state index contributed by atoms with van der Waals surface area (Å²) in [6.45, 7) is 2.12. The maximum Gasteiger partial charge on any atom is 0.217 e. The predicted octanol–water partition coefficient (Wildman–Crippen LogP) is 2.82. The van der Waals surface area contributed by atoms with Gasteiger partial charge < -0.3 is 8.98 Å². The summed E-state index contributed by atoms with van der Waals surface area (Å²) < 4.78 is 7.34. The van der Waals surface area contributed by atoms with E-state index in [1.54, 1.807) is 23.0 Å². The first-order chi connectivity index (χ1) is 8.74. The van der Waals surface area contributed by atoms with Crippen LogP contribution >= 0.6 is 0 Å². The average molecular weight is 240 g/mol. The average Bonchev–Trinajstić information content (AvgIpc) is 2.96. The third-order valence-electron chi connectivity index (χ3n) is 2.94. The smallest absolute Gasteiger partial charge is 0.217 e. The number of carbonyl (C=O) groups excluding carboxylic acids is 1. The molecule has 0 unspecified atom stereocenters. The summed E-state index contributed by atoms with van der Waals surface area (Å²) in [5.74, 6) is 1.16. The van der Waals surface area contributed by atoms with Crippen molar-refractivity contribution in [2.45, 2.75) is 13.5 Å². The second-order valence-corrected chi connectivity index (χ2v) is 4.17. The number of nitrogens with zero attached hydrogens (tertiary/aromatic N) is 2. The lowest BCUT2D eigenvalue weighted by molar-refractivity contribution is 0.0946. The number of carbonyl (C=O) groups is 1. The molecule has 90 valence electrons. The van der Waals surface area contributed by atoms with Gasteiger partial charge in [-0.05, 0) is 19.1 Å². The number of rotatable bonds is 3. The van der Waals surface area contributed by atoms with Crippen LogP contribution in [0.3, 0.4) is 0 Å². The van der Waals surface area contributed by atoms with Crippen LogP contribution in [0.15, 0.2) is 47.1 Å². The van der Waals surface area contributed by atoms with Crippen LogP contribution < -0.4 is 0 Å². The molecule has 3 rings (SSSR count). The maximum atomic E-state index is 12.1. The van der Waals surface area contributed by atoms with Gasteiger partial charge in [0.05, 0.1) is 6.54 Å².